The molecule has 1 rings (SSSR count). The van der Waals surface area contributed by atoms with E-state index in [9.17, 15) is 9.59 Å². The predicted octanol–water partition coefficient (Wildman–Crippen LogP) is -0.0295. The summed E-state index contributed by atoms with van der Waals surface area (Å²) in [5.74, 6) is 0.241. The molecule has 1 aliphatic rings. The van der Waals surface area contributed by atoms with E-state index in [-0.39, 0.29) is 24.7 Å². The molecule has 3 N–H and O–H groups in total. The zero-order valence-corrected chi connectivity index (χ0v) is 8.69. The van der Waals surface area contributed by atoms with E-state index in [0.29, 0.717) is 19.3 Å². The highest BCUT2D eigenvalue weighted by Crippen LogP contribution is 2.32. The molecule has 0 spiro atoms. The number of amides is 2. The molecule has 0 atom stereocenters. The van der Waals surface area contributed by atoms with Gasteiger partial charge in [0.1, 0.15) is 12.8 Å². The van der Waals surface area contributed by atoms with Gasteiger partial charge in [-0.2, -0.15) is 0 Å². The van der Waals surface area contributed by atoms with Crippen LogP contribution in [-0.4, -0.2) is 31.9 Å². The van der Waals surface area contributed by atoms with E-state index in [4.69, 9.17) is 15.2 Å². The Labute approximate surface area is 88.1 Å². The SMILES string of the molecule is COCNC(=O)CC1CC(OC(N)=O)C1. The zero-order chi connectivity index (χ0) is 11.3. The summed E-state index contributed by atoms with van der Waals surface area (Å²) in [6, 6.07) is 0. The van der Waals surface area contributed by atoms with E-state index >= 15 is 0 Å². The van der Waals surface area contributed by atoms with E-state index in [1.54, 1.807) is 0 Å². The fraction of sp³-hybridized carbons (Fsp3) is 0.778. The Morgan fingerprint density at radius 1 is 1.47 bits per heavy atom. The zero-order valence-electron chi connectivity index (χ0n) is 8.69. The molecule has 1 saturated carbocycles. The number of hydrogen-bond acceptors (Lipinski definition) is 4. The number of nitrogens with one attached hydrogen (secondary N) is 1. The number of ether oxygens (including phenoxy) is 2. The van der Waals surface area contributed by atoms with Crippen molar-refractivity contribution in [3.63, 3.8) is 0 Å². The molecular formula is C9H16N2O4. The number of carbonyl (C=O) groups is 2. The van der Waals surface area contributed by atoms with Crippen molar-refractivity contribution >= 4 is 12.0 Å². The molecule has 0 aromatic rings. The summed E-state index contributed by atoms with van der Waals surface area (Å²) in [6.07, 6.45) is 1.01. The first-order chi connectivity index (χ1) is 7.11. The van der Waals surface area contributed by atoms with Crippen LogP contribution in [0.3, 0.4) is 0 Å². The maximum Gasteiger partial charge on any atom is 0.404 e. The van der Waals surface area contributed by atoms with Crippen molar-refractivity contribution < 1.29 is 19.1 Å². The number of primary amides is 1. The Morgan fingerprint density at radius 3 is 2.67 bits per heavy atom. The first-order valence-corrected chi connectivity index (χ1v) is 4.83. The summed E-state index contributed by atoms with van der Waals surface area (Å²) >= 11 is 0. The molecule has 1 fully saturated rings. The molecule has 0 aromatic heterocycles. The van der Waals surface area contributed by atoms with Crippen LogP contribution in [0.2, 0.25) is 0 Å². The highest BCUT2D eigenvalue weighted by atomic mass is 16.6. The molecule has 2 amide bonds. The Hall–Kier alpha value is -1.30. The van der Waals surface area contributed by atoms with E-state index in [0.717, 1.165) is 0 Å². The molecule has 0 radical (unpaired) electrons. The minimum atomic E-state index is -0.748. The molecular weight excluding hydrogens is 200 g/mol. The molecule has 1 aliphatic carbocycles. The van der Waals surface area contributed by atoms with E-state index in [1.807, 2.05) is 0 Å². The average Bonchev–Trinajstić information content (AvgIpc) is 2.10. The molecule has 15 heavy (non-hydrogen) atoms. The highest BCUT2D eigenvalue weighted by molar-refractivity contribution is 5.76. The van der Waals surface area contributed by atoms with Crippen molar-refractivity contribution in [2.75, 3.05) is 13.8 Å². The Bertz CT molecular complexity index is 238. The summed E-state index contributed by atoms with van der Waals surface area (Å²) in [6.45, 7) is 0.229. The fourth-order valence-electron chi connectivity index (χ4n) is 1.59. The van der Waals surface area contributed by atoms with E-state index in [1.165, 1.54) is 7.11 Å². The average molecular weight is 216 g/mol. The van der Waals surface area contributed by atoms with Gasteiger partial charge in [0.15, 0.2) is 0 Å². The monoisotopic (exact) mass is 216 g/mol. The van der Waals surface area contributed by atoms with Crippen molar-refractivity contribution in [1.82, 2.24) is 5.32 Å². The summed E-state index contributed by atoms with van der Waals surface area (Å²) < 4.78 is 9.46. The second-order valence-electron chi connectivity index (χ2n) is 3.63. The maximum absolute atomic E-state index is 11.2. The molecule has 86 valence electrons. The summed E-state index contributed by atoms with van der Waals surface area (Å²) in [7, 11) is 1.51. The van der Waals surface area contributed by atoms with Gasteiger partial charge in [-0.3, -0.25) is 4.79 Å². The quantitative estimate of drug-likeness (QED) is 0.631. The van der Waals surface area contributed by atoms with Gasteiger partial charge in [0.2, 0.25) is 5.91 Å². The molecule has 0 aliphatic heterocycles. The van der Waals surface area contributed by atoms with Crippen molar-refractivity contribution in [1.29, 1.82) is 0 Å². The Balaban J connectivity index is 2.06. The van der Waals surface area contributed by atoms with Gasteiger partial charge in [0, 0.05) is 13.5 Å². The smallest absolute Gasteiger partial charge is 0.404 e. The third-order valence-corrected chi connectivity index (χ3v) is 2.36. The standard InChI is InChI=1S/C9H16N2O4/c1-14-5-11-8(12)4-6-2-7(3-6)15-9(10)13/h6-7H,2-5H2,1H3,(H2,10,13)(H,11,12). The molecule has 6 nitrogen and oxygen atoms in total. The highest BCUT2D eigenvalue weighted by Gasteiger charge is 2.32. The lowest BCUT2D eigenvalue weighted by molar-refractivity contribution is -0.125. The van der Waals surface area contributed by atoms with Crippen molar-refractivity contribution in [3.8, 4) is 0 Å². The first-order valence-electron chi connectivity index (χ1n) is 4.83. The molecule has 0 unspecified atom stereocenters. The van der Waals surface area contributed by atoms with Crippen molar-refractivity contribution in [2.24, 2.45) is 11.7 Å². The first kappa shape index (κ1) is 11.8. The third kappa shape index (κ3) is 4.16. The second-order valence-corrected chi connectivity index (χ2v) is 3.63. The molecule has 0 saturated heterocycles. The second kappa shape index (κ2) is 5.55. The van der Waals surface area contributed by atoms with Crippen molar-refractivity contribution in [2.45, 2.75) is 25.4 Å². The normalized spacial score (nSPS) is 24.1. The summed E-state index contributed by atoms with van der Waals surface area (Å²) in [5.41, 5.74) is 4.86. The van der Waals surface area contributed by atoms with Crippen LogP contribution in [0.25, 0.3) is 0 Å². The molecule has 6 heteroatoms. The lowest BCUT2D eigenvalue weighted by atomic mass is 9.80. The fourth-order valence-corrected chi connectivity index (χ4v) is 1.59. The topological polar surface area (TPSA) is 90.7 Å². The summed E-state index contributed by atoms with van der Waals surface area (Å²) in [4.78, 5) is 21.6. The van der Waals surface area contributed by atoms with Crippen LogP contribution in [0.15, 0.2) is 0 Å². The van der Waals surface area contributed by atoms with Crippen LogP contribution < -0.4 is 11.1 Å². The Kier molecular flexibility index (Phi) is 4.36. The van der Waals surface area contributed by atoms with Gasteiger partial charge in [-0.05, 0) is 18.8 Å². The minimum absolute atomic E-state index is 0.0422. The van der Waals surface area contributed by atoms with Crippen LogP contribution in [0.1, 0.15) is 19.3 Å². The maximum atomic E-state index is 11.2. The van der Waals surface area contributed by atoms with Gasteiger partial charge >= 0.3 is 6.09 Å². The van der Waals surface area contributed by atoms with Crippen molar-refractivity contribution in [3.05, 3.63) is 0 Å². The molecule has 0 heterocycles. The minimum Gasteiger partial charge on any atom is -0.446 e. The van der Waals surface area contributed by atoms with Crippen LogP contribution >= 0.6 is 0 Å². The van der Waals surface area contributed by atoms with Gasteiger partial charge in [-0.15, -0.1) is 0 Å². The third-order valence-electron chi connectivity index (χ3n) is 2.36. The number of hydrogen-bond donors (Lipinski definition) is 2. The van der Waals surface area contributed by atoms with Crippen LogP contribution in [0, 0.1) is 5.92 Å². The van der Waals surface area contributed by atoms with Gasteiger partial charge in [0.05, 0.1) is 0 Å². The predicted molar refractivity (Wildman–Crippen MR) is 51.8 cm³/mol. The van der Waals surface area contributed by atoms with Gasteiger partial charge in [0.25, 0.3) is 0 Å². The van der Waals surface area contributed by atoms with E-state index in [2.05, 4.69) is 5.32 Å². The van der Waals surface area contributed by atoms with Gasteiger partial charge < -0.3 is 20.5 Å². The Morgan fingerprint density at radius 2 is 2.13 bits per heavy atom. The van der Waals surface area contributed by atoms with Crippen LogP contribution in [-0.2, 0) is 14.3 Å². The van der Waals surface area contributed by atoms with Crippen LogP contribution in [0.4, 0.5) is 4.79 Å². The van der Waals surface area contributed by atoms with E-state index < -0.39 is 6.09 Å². The lowest BCUT2D eigenvalue weighted by Gasteiger charge is -2.33. The van der Waals surface area contributed by atoms with Gasteiger partial charge in [-0.1, -0.05) is 0 Å². The molecule has 0 aromatic carbocycles. The lowest BCUT2D eigenvalue weighted by Crippen LogP contribution is -2.38. The summed E-state index contributed by atoms with van der Waals surface area (Å²) in [5, 5.41) is 2.59. The number of carbonyl (C=O) groups excluding carboxylic acids is 2. The number of rotatable bonds is 5. The van der Waals surface area contributed by atoms with Crippen LogP contribution in [0.5, 0.6) is 0 Å². The molecule has 0 bridgehead atoms. The largest absolute Gasteiger partial charge is 0.446 e. The number of methoxy groups -OCH3 is 1. The number of nitrogens with two attached hydrogens (primary N) is 1. The van der Waals surface area contributed by atoms with Gasteiger partial charge in [-0.25, -0.2) is 4.79 Å².